The topological polar surface area (TPSA) is 46.1 Å². The Morgan fingerprint density at radius 2 is 1.74 bits per heavy atom. The molecule has 4 fully saturated rings. The van der Waals surface area contributed by atoms with Gasteiger partial charge < -0.3 is 15.5 Å². The lowest BCUT2D eigenvalue weighted by atomic mass is 9.84. The fraction of sp³-hybridized carbons (Fsp3) is 0.952. The molecule has 6 nitrogen and oxygen atoms in total. The maximum absolute atomic E-state index is 4.56. The summed E-state index contributed by atoms with van der Waals surface area (Å²) in [6, 6.07) is 1.44. The van der Waals surface area contributed by atoms with Crippen LogP contribution in [-0.2, 0) is 0 Å². The maximum Gasteiger partial charge on any atom is 0.191 e. The van der Waals surface area contributed by atoms with Gasteiger partial charge in [0.2, 0.25) is 0 Å². The second-order valence-electron chi connectivity index (χ2n) is 9.36. The van der Waals surface area contributed by atoms with E-state index < -0.39 is 0 Å². The SMILES string of the molecule is CN=C(NCC1(N2CCCCC2)CCN(C)CC1)NC1CCN(C2CC2)C1. The van der Waals surface area contributed by atoms with E-state index in [1.165, 1.54) is 90.6 Å². The third-order valence-corrected chi connectivity index (χ3v) is 7.38. The summed E-state index contributed by atoms with van der Waals surface area (Å²) in [5, 5.41) is 7.45. The molecule has 154 valence electrons. The number of hydrogen-bond donors (Lipinski definition) is 2. The van der Waals surface area contributed by atoms with Gasteiger partial charge in [0.1, 0.15) is 0 Å². The van der Waals surface area contributed by atoms with Crippen molar-refractivity contribution in [2.75, 3.05) is 59.9 Å². The lowest BCUT2D eigenvalue weighted by Crippen LogP contribution is -2.62. The monoisotopic (exact) mass is 376 g/mol. The van der Waals surface area contributed by atoms with Gasteiger partial charge in [0.05, 0.1) is 0 Å². The molecule has 3 heterocycles. The van der Waals surface area contributed by atoms with E-state index in [1.54, 1.807) is 0 Å². The van der Waals surface area contributed by atoms with Crippen molar-refractivity contribution < 1.29 is 0 Å². The average molecular weight is 377 g/mol. The highest BCUT2D eigenvalue weighted by Gasteiger charge is 2.40. The van der Waals surface area contributed by atoms with E-state index in [0.29, 0.717) is 11.6 Å². The fourth-order valence-electron chi connectivity index (χ4n) is 5.32. The van der Waals surface area contributed by atoms with Gasteiger partial charge in [0.25, 0.3) is 0 Å². The lowest BCUT2D eigenvalue weighted by Gasteiger charge is -2.50. The number of nitrogens with zero attached hydrogens (tertiary/aromatic N) is 4. The van der Waals surface area contributed by atoms with E-state index in [2.05, 4.69) is 37.4 Å². The Kier molecular flexibility index (Phi) is 6.25. The van der Waals surface area contributed by atoms with Crippen LogP contribution < -0.4 is 10.6 Å². The van der Waals surface area contributed by atoms with Gasteiger partial charge >= 0.3 is 0 Å². The zero-order chi connectivity index (χ0) is 18.7. The summed E-state index contributed by atoms with van der Waals surface area (Å²) >= 11 is 0. The van der Waals surface area contributed by atoms with Crippen molar-refractivity contribution in [1.29, 1.82) is 0 Å². The summed E-state index contributed by atoms with van der Waals surface area (Å²) in [4.78, 5) is 12.5. The molecule has 1 aliphatic carbocycles. The molecule has 6 heteroatoms. The van der Waals surface area contributed by atoms with E-state index in [9.17, 15) is 0 Å². The standard InChI is InChI=1S/C21H40N6/c1-22-20(24-18-8-13-26(16-18)19-6-7-19)23-17-21(9-14-25(2)15-10-21)27-11-4-3-5-12-27/h18-19H,3-17H2,1-2H3,(H2,22,23,24). The van der Waals surface area contributed by atoms with Crippen molar-refractivity contribution >= 4 is 5.96 Å². The predicted octanol–water partition coefficient (Wildman–Crippen LogP) is 1.34. The molecule has 4 aliphatic rings. The van der Waals surface area contributed by atoms with Crippen LogP contribution in [0.25, 0.3) is 0 Å². The Morgan fingerprint density at radius 1 is 1.00 bits per heavy atom. The highest BCUT2D eigenvalue weighted by atomic mass is 15.3. The summed E-state index contributed by atoms with van der Waals surface area (Å²) in [6.45, 7) is 8.44. The highest BCUT2D eigenvalue weighted by Crippen LogP contribution is 2.31. The van der Waals surface area contributed by atoms with E-state index in [1.807, 2.05) is 7.05 Å². The summed E-state index contributed by atoms with van der Waals surface area (Å²) in [7, 11) is 4.19. The van der Waals surface area contributed by atoms with Crippen LogP contribution in [0.2, 0.25) is 0 Å². The largest absolute Gasteiger partial charge is 0.355 e. The number of rotatable bonds is 5. The molecule has 4 rings (SSSR count). The first kappa shape index (κ1) is 19.5. The van der Waals surface area contributed by atoms with Crippen molar-refractivity contribution in [3.63, 3.8) is 0 Å². The first-order valence-corrected chi connectivity index (χ1v) is 11.3. The maximum atomic E-state index is 4.56. The van der Waals surface area contributed by atoms with Crippen LogP contribution in [0.15, 0.2) is 4.99 Å². The summed E-state index contributed by atoms with van der Waals surface area (Å²) in [6.07, 6.45) is 10.7. The predicted molar refractivity (Wildman–Crippen MR) is 112 cm³/mol. The molecule has 1 unspecified atom stereocenters. The normalized spacial score (nSPS) is 31.2. The number of guanidine groups is 1. The van der Waals surface area contributed by atoms with Gasteiger partial charge in [-0.15, -0.1) is 0 Å². The minimum atomic E-state index is 0.306. The molecular formula is C21H40N6. The molecule has 0 amide bonds. The summed E-state index contributed by atoms with van der Waals surface area (Å²) in [5.74, 6) is 1.01. The molecule has 0 radical (unpaired) electrons. The number of hydrogen-bond acceptors (Lipinski definition) is 4. The smallest absolute Gasteiger partial charge is 0.191 e. The number of nitrogens with one attached hydrogen (secondary N) is 2. The van der Waals surface area contributed by atoms with Gasteiger partial charge in [-0.25, -0.2) is 0 Å². The van der Waals surface area contributed by atoms with Gasteiger partial charge in [0, 0.05) is 44.3 Å². The van der Waals surface area contributed by atoms with Crippen LogP contribution in [0, 0.1) is 0 Å². The van der Waals surface area contributed by atoms with Crippen molar-refractivity contribution in [2.24, 2.45) is 4.99 Å². The van der Waals surface area contributed by atoms with E-state index in [-0.39, 0.29) is 0 Å². The molecule has 1 saturated carbocycles. The van der Waals surface area contributed by atoms with Crippen molar-refractivity contribution in [2.45, 2.75) is 69.0 Å². The Labute approximate surface area is 165 Å². The molecular weight excluding hydrogens is 336 g/mol. The second-order valence-corrected chi connectivity index (χ2v) is 9.36. The van der Waals surface area contributed by atoms with Crippen LogP contribution in [-0.4, -0.2) is 98.2 Å². The van der Waals surface area contributed by atoms with Crippen molar-refractivity contribution in [3.05, 3.63) is 0 Å². The molecule has 0 aromatic carbocycles. The Hall–Kier alpha value is -0.850. The van der Waals surface area contributed by atoms with Crippen molar-refractivity contribution in [3.8, 4) is 0 Å². The van der Waals surface area contributed by atoms with E-state index in [0.717, 1.165) is 18.5 Å². The summed E-state index contributed by atoms with van der Waals surface area (Å²) in [5.41, 5.74) is 0.306. The first-order chi connectivity index (χ1) is 13.2. The summed E-state index contributed by atoms with van der Waals surface area (Å²) < 4.78 is 0. The zero-order valence-electron chi connectivity index (χ0n) is 17.6. The van der Waals surface area contributed by atoms with Gasteiger partial charge in [0.15, 0.2) is 5.96 Å². The van der Waals surface area contributed by atoms with Gasteiger partial charge in [-0.2, -0.15) is 0 Å². The minimum Gasteiger partial charge on any atom is -0.355 e. The Morgan fingerprint density at radius 3 is 2.41 bits per heavy atom. The highest BCUT2D eigenvalue weighted by molar-refractivity contribution is 5.80. The lowest BCUT2D eigenvalue weighted by molar-refractivity contribution is 0.0173. The van der Waals surface area contributed by atoms with E-state index >= 15 is 0 Å². The second kappa shape index (κ2) is 8.66. The molecule has 0 aromatic heterocycles. The van der Waals surface area contributed by atoms with Gasteiger partial charge in [-0.1, -0.05) is 6.42 Å². The number of piperidine rings is 2. The quantitative estimate of drug-likeness (QED) is 0.560. The third kappa shape index (κ3) is 4.77. The molecule has 3 saturated heterocycles. The average Bonchev–Trinajstić information content (AvgIpc) is 3.46. The molecule has 3 aliphatic heterocycles. The molecule has 0 bridgehead atoms. The fourth-order valence-corrected chi connectivity index (χ4v) is 5.32. The minimum absolute atomic E-state index is 0.306. The van der Waals surface area contributed by atoms with Crippen LogP contribution >= 0.6 is 0 Å². The molecule has 2 N–H and O–H groups in total. The van der Waals surface area contributed by atoms with Gasteiger partial charge in [-0.3, -0.25) is 14.8 Å². The molecule has 0 spiro atoms. The molecule has 27 heavy (non-hydrogen) atoms. The third-order valence-electron chi connectivity index (χ3n) is 7.38. The Bertz CT molecular complexity index is 503. The van der Waals surface area contributed by atoms with Crippen molar-refractivity contribution in [1.82, 2.24) is 25.3 Å². The van der Waals surface area contributed by atoms with Gasteiger partial charge in [-0.05, 0) is 78.2 Å². The molecule has 0 aromatic rings. The zero-order valence-corrected chi connectivity index (χ0v) is 17.6. The van der Waals surface area contributed by atoms with Crippen LogP contribution in [0.4, 0.5) is 0 Å². The van der Waals surface area contributed by atoms with Crippen LogP contribution in [0.3, 0.4) is 0 Å². The first-order valence-electron chi connectivity index (χ1n) is 11.3. The number of aliphatic imine (C=N–C) groups is 1. The molecule has 1 atom stereocenters. The Balaban J connectivity index is 1.33. The van der Waals surface area contributed by atoms with Crippen LogP contribution in [0.1, 0.15) is 51.4 Å². The van der Waals surface area contributed by atoms with E-state index in [4.69, 9.17) is 0 Å². The van der Waals surface area contributed by atoms with Crippen LogP contribution in [0.5, 0.6) is 0 Å². The number of likely N-dealkylation sites (tertiary alicyclic amines) is 3.